The van der Waals surface area contributed by atoms with Gasteiger partial charge in [0, 0.05) is 11.5 Å². The van der Waals surface area contributed by atoms with Crippen molar-refractivity contribution in [2.24, 2.45) is 35.3 Å². The average Bonchev–Trinajstić information content (AvgIpc) is 2.93. The van der Waals surface area contributed by atoms with E-state index in [2.05, 4.69) is 13.8 Å². The standard InChI is InChI=1S/C33H38N2O8/c1-15(2)6-7-16-8-11-23(43-5)19(12-16)18-9-10-22(36)25-20(18)13-17-14-21-27(35(3)4)29(38)26(32(34)41)31(40)33(21,42)30(39)24(17)28(25)37/h8-12,15,17,21,24,26-27,36,42H,6-7,13-14H2,1-5H3,(H2,34,41)/t17-,21-,24?,26?,27-,33-/m1/s1. The number of aromatic hydroxyl groups is 1. The van der Waals surface area contributed by atoms with Crippen LogP contribution >= 0.6 is 0 Å². The molecule has 5 rings (SSSR count). The molecule has 0 bridgehead atoms. The lowest BCUT2D eigenvalue weighted by Crippen LogP contribution is -2.74. The van der Waals surface area contributed by atoms with E-state index in [1.807, 2.05) is 18.2 Å². The number of carbonyl (C=O) groups excluding carboxylic acids is 5. The van der Waals surface area contributed by atoms with Gasteiger partial charge in [0.15, 0.2) is 34.7 Å². The SMILES string of the molecule is COc1ccc(CCC(C)C)cc1-c1ccc(O)c2c1C[C@@H]1C[C@@H]3[C@@H](N(C)C)C(=O)C(C(N)=O)C(=O)[C@]3(O)C(=O)C1C2=O. The molecule has 0 aromatic heterocycles. The largest absolute Gasteiger partial charge is 0.507 e. The molecule has 0 heterocycles. The number of amides is 1. The highest BCUT2D eigenvalue weighted by molar-refractivity contribution is 6.32. The van der Waals surface area contributed by atoms with Gasteiger partial charge in [-0.05, 0) is 86.5 Å². The number of methoxy groups -OCH3 is 1. The summed E-state index contributed by atoms with van der Waals surface area (Å²) in [7, 11) is 4.67. The molecule has 43 heavy (non-hydrogen) atoms. The van der Waals surface area contributed by atoms with Crippen molar-refractivity contribution in [3.8, 4) is 22.6 Å². The number of nitrogens with two attached hydrogens (primary N) is 1. The highest BCUT2D eigenvalue weighted by Gasteiger charge is 2.69. The van der Waals surface area contributed by atoms with Crippen LogP contribution in [0, 0.1) is 29.6 Å². The molecule has 0 radical (unpaired) electrons. The number of benzene rings is 2. The normalized spacial score (nSPS) is 28.5. The predicted octanol–water partition coefficient (Wildman–Crippen LogP) is 2.13. The minimum absolute atomic E-state index is 0.00937. The molecule has 6 atom stereocenters. The first kappa shape index (κ1) is 30.6. The van der Waals surface area contributed by atoms with Crippen molar-refractivity contribution in [3.63, 3.8) is 0 Å². The van der Waals surface area contributed by atoms with Gasteiger partial charge in [0.25, 0.3) is 0 Å². The molecule has 2 aromatic rings. The molecule has 2 aromatic carbocycles. The van der Waals surface area contributed by atoms with Crippen LogP contribution in [-0.2, 0) is 32.0 Å². The molecule has 0 aliphatic heterocycles. The molecule has 1 amide bonds. The predicted molar refractivity (Wildman–Crippen MR) is 157 cm³/mol. The molecule has 2 saturated carbocycles. The third-order valence-corrected chi connectivity index (χ3v) is 9.51. The second-order valence-corrected chi connectivity index (χ2v) is 12.7. The summed E-state index contributed by atoms with van der Waals surface area (Å²) in [4.78, 5) is 68.6. The maximum absolute atomic E-state index is 14.1. The summed E-state index contributed by atoms with van der Waals surface area (Å²) in [5.74, 6) is -9.59. The lowest BCUT2D eigenvalue weighted by Gasteiger charge is -2.52. The molecule has 0 spiro atoms. The van der Waals surface area contributed by atoms with Gasteiger partial charge in [0.1, 0.15) is 11.5 Å². The molecule has 10 nitrogen and oxygen atoms in total. The van der Waals surface area contributed by atoms with Gasteiger partial charge in [-0.25, -0.2) is 0 Å². The molecule has 228 valence electrons. The zero-order valence-corrected chi connectivity index (χ0v) is 25.0. The van der Waals surface area contributed by atoms with E-state index in [0.29, 0.717) is 22.8 Å². The van der Waals surface area contributed by atoms with Crippen molar-refractivity contribution in [1.82, 2.24) is 4.90 Å². The molecule has 3 aliphatic rings. The molecule has 2 unspecified atom stereocenters. The Labute approximate surface area is 250 Å². The molecule has 3 aliphatic carbocycles. The lowest BCUT2D eigenvalue weighted by atomic mass is 9.52. The van der Waals surface area contributed by atoms with Gasteiger partial charge in [-0.3, -0.25) is 28.9 Å². The summed E-state index contributed by atoms with van der Waals surface area (Å²) in [6.45, 7) is 4.30. The first-order valence-electron chi connectivity index (χ1n) is 14.6. The molecule has 2 fully saturated rings. The summed E-state index contributed by atoms with van der Waals surface area (Å²) in [5.41, 5.74) is 5.62. The number of rotatable bonds is 7. The quantitative estimate of drug-likeness (QED) is 0.410. The Morgan fingerprint density at radius 3 is 2.40 bits per heavy atom. The summed E-state index contributed by atoms with van der Waals surface area (Å²) in [6, 6.07) is 7.85. The zero-order chi connectivity index (χ0) is 31.5. The first-order valence-corrected chi connectivity index (χ1v) is 14.6. The zero-order valence-electron chi connectivity index (χ0n) is 25.0. The number of nitrogens with zero attached hydrogens (tertiary/aromatic N) is 1. The number of ether oxygens (including phenoxy) is 1. The van der Waals surface area contributed by atoms with Crippen LogP contribution in [0.25, 0.3) is 11.1 Å². The van der Waals surface area contributed by atoms with Crippen LogP contribution in [0.2, 0.25) is 0 Å². The first-order chi connectivity index (χ1) is 20.2. The van der Waals surface area contributed by atoms with Crippen LogP contribution < -0.4 is 10.5 Å². The third-order valence-electron chi connectivity index (χ3n) is 9.51. The number of primary amides is 1. The van der Waals surface area contributed by atoms with Crippen LogP contribution in [0.5, 0.6) is 11.5 Å². The van der Waals surface area contributed by atoms with E-state index in [1.165, 1.54) is 11.0 Å². The van der Waals surface area contributed by atoms with E-state index in [4.69, 9.17) is 10.5 Å². The van der Waals surface area contributed by atoms with Crippen LogP contribution in [0.15, 0.2) is 30.3 Å². The molecular weight excluding hydrogens is 552 g/mol. The van der Waals surface area contributed by atoms with E-state index in [1.54, 1.807) is 27.3 Å². The summed E-state index contributed by atoms with van der Waals surface area (Å²) in [5, 5.41) is 22.7. The number of fused-ring (bicyclic) bond motifs is 3. The number of hydrogen-bond acceptors (Lipinski definition) is 9. The van der Waals surface area contributed by atoms with Gasteiger partial charge in [0.2, 0.25) is 5.91 Å². The van der Waals surface area contributed by atoms with Gasteiger partial charge in [-0.1, -0.05) is 26.0 Å². The number of Topliss-reactive ketones (excluding diaryl/α,β-unsaturated/α-hetero) is 4. The van der Waals surface area contributed by atoms with Crippen molar-refractivity contribution < 1.29 is 38.9 Å². The molecular formula is C33H38N2O8. The van der Waals surface area contributed by atoms with E-state index in [9.17, 15) is 34.2 Å². The summed E-state index contributed by atoms with van der Waals surface area (Å²) < 4.78 is 5.68. The maximum atomic E-state index is 14.1. The van der Waals surface area contributed by atoms with Crippen molar-refractivity contribution in [2.75, 3.05) is 21.2 Å². The van der Waals surface area contributed by atoms with Crippen LogP contribution in [0.3, 0.4) is 0 Å². The van der Waals surface area contributed by atoms with Crippen molar-refractivity contribution >= 4 is 29.0 Å². The average molecular weight is 591 g/mol. The van der Waals surface area contributed by atoms with E-state index in [-0.39, 0.29) is 24.2 Å². The monoisotopic (exact) mass is 590 g/mol. The third kappa shape index (κ3) is 4.67. The summed E-state index contributed by atoms with van der Waals surface area (Å²) in [6.07, 6.45) is 1.99. The number of phenolic OH excluding ortho intramolecular Hbond substituents is 1. The van der Waals surface area contributed by atoms with Gasteiger partial charge in [0.05, 0.1) is 24.6 Å². The number of aryl methyl sites for hydroxylation is 1. The number of hydrogen-bond donors (Lipinski definition) is 3. The van der Waals surface area contributed by atoms with Crippen molar-refractivity contribution in [1.29, 1.82) is 0 Å². The number of phenols is 1. The Bertz CT molecular complexity index is 1550. The fraction of sp³-hybridized carbons (Fsp3) is 0.485. The Morgan fingerprint density at radius 2 is 1.79 bits per heavy atom. The highest BCUT2D eigenvalue weighted by Crippen LogP contribution is 2.52. The fourth-order valence-corrected chi connectivity index (χ4v) is 7.43. The maximum Gasteiger partial charge on any atom is 0.235 e. The van der Waals surface area contributed by atoms with Crippen molar-refractivity contribution in [3.05, 3.63) is 47.0 Å². The van der Waals surface area contributed by atoms with Crippen LogP contribution in [0.1, 0.15) is 48.2 Å². The van der Waals surface area contributed by atoms with Gasteiger partial charge in [-0.2, -0.15) is 0 Å². The lowest BCUT2D eigenvalue weighted by molar-refractivity contribution is -0.181. The Morgan fingerprint density at radius 1 is 1.09 bits per heavy atom. The Kier molecular flexibility index (Phi) is 7.81. The van der Waals surface area contributed by atoms with Gasteiger partial charge < -0.3 is 20.7 Å². The van der Waals surface area contributed by atoms with E-state index >= 15 is 0 Å². The van der Waals surface area contributed by atoms with Gasteiger partial charge >= 0.3 is 0 Å². The van der Waals surface area contributed by atoms with E-state index in [0.717, 1.165) is 24.0 Å². The van der Waals surface area contributed by atoms with E-state index < -0.39 is 64.4 Å². The topological polar surface area (TPSA) is 164 Å². The number of likely N-dealkylation sites (N-methyl/N-ethyl adjacent to an activating group) is 1. The minimum Gasteiger partial charge on any atom is -0.507 e. The molecule has 4 N–H and O–H groups in total. The second kappa shape index (κ2) is 11.0. The smallest absolute Gasteiger partial charge is 0.235 e. The Balaban J connectivity index is 1.64. The minimum atomic E-state index is -2.75. The van der Waals surface area contributed by atoms with Crippen LogP contribution in [0.4, 0.5) is 0 Å². The molecule has 0 saturated heterocycles. The Hall–Kier alpha value is -3.89. The number of aliphatic hydroxyl groups is 1. The van der Waals surface area contributed by atoms with Crippen molar-refractivity contribution in [2.45, 2.75) is 51.2 Å². The number of carbonyl (C=O) groups is 5. The summed E-state index contributed by atoms with van der Waals surface area (Å²) >= 11 is 0. The second-order valence-electron chi connectivity index (χ2n) is 12.7. The van der Waals surface area contributed by atoms with Crippen LogP contribution in [-0.4, -0.2) is 77.0 Å². The van der Waals surface area contributed by atoms with Gasteiger partial charge in [-0.15, -0.1) is 0 Å². The number of ketones is 4. The molecule has 10 heteroatoms. The fourth-order valence-electron chi connectivity index (χ4n) is 7.43. The highest BCUT2D eigenvalue weighted by atomic mass is 16.5.